The summed E-state index contributed by atoms with van der Waals surface area (Å²) in [7, 11) is 1.57. The quantitative estimate of drug-likeness (QED) is 0.490. The molecular weight excluding hydrogens is 356 g/mol. The largest absolute Gasteiger partial charge is 0.493 e. The normalized spacial score (nSPS) is 10.9. The van der Waals surface area contributed by atoms with Crippen molar-refractivity contribution in [3.63, 3.8) is 0 Å². The molecule has 0 fully saturated rings. The van der Waals surface area contributed by atoms with Gasteiger partial charge in [-0.3, -0.25) is 9.78 Å². The molecule has 0 aliphatic rings. The molecule has 0 aliphatic carbocycles. The molecule has 1 N–H and O–H groups in total. The molecule has 2 aromatic heterocycles. The summed E-state index contributed by atoms with van der Waals surface area (Å²) in [6.45, 7) is 0.954. The molecule has 28 heavy (non-hydrogen) atoms. The average molecular weight is 376 g/mol. The maximum atomic E-state index is 12.3. The minimum absolute atomic E-state index is 0.259. The van der Waals surface area contributed by atoms with Gasteiger partial charge < -0.3 is 19.2 Å². The van der Waals surface area contributed by atoms with E-state index in [1.807, 2.05) is 42.5 Å². The molecule has 6 nitrogen and oxygen atoms in total. The Bertz CT molecular complexity index is 1110. The topological polar surface area (TPSA) is 73.6 Å². The van der Waals surface area contributed by atoms with Gasteiger partial charge in [0.2, 0.25) is 0 Å². The third-order valence-corrected chi connectivity index (χ3v) is 4.41. The predicted octanol–water partition coefficient (Wildman–Crippen LogP) is 4.19. The van der Waals surface area contributed by atoms with Gasteiger partial charge in [-0.25, -0.2) is 0 Å². The Kier molecular flexibility index (Phi) is 5.10. The third kappa shape index (κ3) is 3.62. The number of ether oxygens (including phenoxy) is 2. The number of carbonyl (C=O) groups excluding carboxylic acids is 1. The molecule has 1 amide bonds. The van der Waals surface area contributed by atoms with Crippen molar-refractivity contribution in [1.82, 2.24) is 10.3 Å². The van der Waals surface area contributed by atoms with Gasteiger partial charge in [0.25, 0.3) is 5.91 Å². The lowest BCUT2D eigenvalue weighted by Crippen LogP contribution is -2.25. The number of nitrogens with zero attached hydrogens (tertiary/aromatic N) is 1. The fourth-order valence-corrected chi connectivity index (χ4v) is 3.05. The SMILES string of the molecule is COc1cccc2cc(C(=O)NCCCOc3cccc4cccnc34)oc12. The number of amides is 1. The Balaban J connectivity index is 1.31. The van der Waals surface area contributed by atoms with Gasteiger partial charge in [0.1, 0.15) is 11.3 Å². The molecule has 0 bridgehead atoms. The summed E-state index contributed by atoms with van der Waals surface area (Å²) in [6, 6.07) is 17.0. The summed E-state index contributed by atoms with van der Waals surface area (Å²) in [6.07, 6.45) is 2.41. The van der Waals surface area contributed by atoms with Crippen molar-refractivity contribution in [2.24, 2.45) is 0 Å². The Labute approximate surface area is 162 Å². The number of hydrogen-bond acceptors (Lipinski definition) is 5. The van der Waals surface area contributed by atoms with Crippen LogP contribution in [0, 0.1) is 0 Å². The lowest BCUT2D eigenvalue weighted by molar-refractivity contribution is 0.0926. The van der Waals surface area contributed by atoms with Crippen LogP contribution in [0.25, 0.3) is 21.9 Å². The van der Waals surface area contributed by atoms with Gasteiger partial charge in [-0.15, -0.1) is 0 Å². The van der Waals surface area contributed by atoms with Gasteiger partial charge in [0, 0.05) is 23.5 Å². The van der Waals surface area contributed by atoms with Gasteiger partial charge in [-0.1, -0.05) is 30.3 Å². The number of pyridine rings is 1. The first-order chi connectivity index (χ1) is 13.8. The molecule has 0 atom stereocenters. The highest BCUT2D eigenvalue weighted by atomic mass is 16.5. The van der Waals surface area contributed by atoms with E-state index in [-0.39, 0.29) is 11.7 Å². The standard InChI is InChI=1S/C22H20N2O4/c1-26-18-10-3-7-16-14-19(28-21(16)18)22(25)24-12-5-13-27-17-9-2-6-15-8-4-11-23-20(15)17/h2-4,6-11,14H,5,12-13H2,1H3,(H,24,25). The first kappa shape index (κ1) is 17.9. The van der Waals surface area contributed by atoms with Gasteiger partial charge in [0.05, 0.1) is 13.7 Å². The number of carbonyl (C=O) groups is 1. The molecular formula is C22H20N2O4. The first-order valence-corrected chi connectivity index (χ1v) is 9.07. The Hall–Kier alpha value is -3.54. The van der Waals surface area contributed by atoms with Crippen LogP contribution >= 0.6 is 0 Å². The van der Waals surface area contributed by atoms with Crippen LogP contribution in [0.2, 0.25) is 0 Å². The van der Waals surface area contributed by atoms with Crippen molar-refractivity contribution >= 4 is 27.8 Å². The van der Waals surface area contributed by atoms with Crippen molar-refractivity contribution in [2.45, 2.75) is 6.42 Å². The number of rotatable bonds is 7. The van der Waals surface area contributed by atoms with E-state index in [0.29, 0.717) is 30.9 Å². The van der Waals surface area contributed by atoms with E-state index >= 15 is 0 Å². The maximum absolute atomic E-state index is 12.3. The van der Waals surface area contributed by atoms with E-state index in [9.17, 15) is 4.79 Å². The Morgan fingerprint density at radius 1 is 1.07 bits per heavy atom. The highest BCUT2D eigenvalue weighted by Crippen LogP contribution is 2.28. The zero-order chi connectivity index (χ0) is 19.3. The molecule has 2 aromatic carbocycles. The van der Waals surface area contributed by atoms with Crippen molar-refractivity contribution in [3.05, 3.63) is 66.6 Å². The third-order valence-electron chi connectivity index (χ3n) is 4.41. The van der Waals surface area contributed by atoms with Gasteiger partial charge in [-0.05, 0) is 30.7 Å². The van der Waals surface area contributed by atoms with E-state index in [2.05, 4.69) is 10.3 Å². The lowest BCUT2D eigenvalue weighted by Gasteiger charge is -2.08. The summed E-state index contributed by atoms with van der Waals surface area (Å²) < 4.78 is 16.7. The smallest absolute Gasteiger partial charge is 0.287 e. The zero-order valence-electron chi connectivity index (χ0n) is 15.5. The number of methoxy groups -OCH3 is 1. The second-order valence-corrected chi connectivity index (χ2v) is 6.28. The number of benzene rings is 2. The molecule has 0 spiro atoms. The first-order valence-electron chi connectivity index (χ1n) is 9.07. The molecule has 0 saturated carbocycles. The summed E-state index contributed by atoms with van der Waals surface area (Å²) in [4.78, 5) is 16.7. The van der Waals surface area contributed by atoms with Gasteiger partial charge in [-0.2, -0.15) is 0 Å². The van der Waals surface area contributed by atoms with E-state index in [0.717, 1.165) is 22.0 Å². The van der Waals surface area contributed by atoms with Gasteiger partial charge in [0.15, 0.2) is 17.1 Å². The minimum Gasteiger partial charge on any atom is -0.493 e. The van der Waals surface area contributed by atoms with Crippen LogP contribution in [0.3, 0.4) is 0 Å². The van der Waals surface area contributed by atoms with Crippen LogP contribution in [0.4, 0.5) is 0 Å². The van der Waals surface area contributed by atoms with E-state index in [1.54, 1.807) is 25.4 Å². The lowest BCUT2D eigenvalue weighted by atomic mass is 10.2. The van der Waals surface area contributed by atoms with Crippen LogP contribution in [0.1, 0.15) is 17.0 Å². The summed E-state index contributed by atoms with van der Waals surface area (Å²) >= 11 is 0. The molecule has 4 aromatic rings. The van der Waals surface area contributed by atoms with Crippen molar-refractivity contribution in [2.75, 3.05) is 20.3 Å². The van der Waals surface area contributed by atoms with E-state index < -0.39 is 0 Å². The second kappa shape index (κ2) is 8.00. The number of furan rings is 1. The van der Waals surface area contributed by atoms with E-state index in [1.165, 1.54) is 0 Å². The van der Waals surface area contributed by atoms with Crippen LogP contribution in [-0.4, -0.2) is 31.2 Å². The number of para-hydroxylation sites is 2. The monoisotopic (exact) mass is 376 g/mol. The molecule has 0 aliphatic heterocycles. The number of fused-ring (bicyclic) bond motifs is 2. The molecule has 0 radical (unpaired) electrons. The summed E-state index contributed by atoms with van der Waals surface area (Å²) in [5, 5.41) is 4.72. The summed E-state index contributed by atoms with van der Waals surface area (Å²) in [5.41, 5.74) is 1.41. The number of nitrogens with one attached hydrogen (secondary N) is 1. The number of aromatic nitrogens is 1. The number of hydrogen-bond donors (Lipinski definition) is 1. The molecule has 0 saturated heterocycles. The molecule has 2 heterocycles. The molecule has 6 heteroatoms. The van der Waals surface area contributed by atoms with Crippen LogP contribution in [0.5, 0.6) is 11.5 Å². The second-order valence-electron chi connectivity index (χ2n) is 6.28. The Morgan fingerprint density at radius 3 is 2.71 bits per heavy atom. The molecule has 142 valence electrons. The molecule has 4 rings (SSSR count). The summed E-state index contributed by atoms with van der Waals surface area (Å²) in [5.74, 6) is 1.35. The highest BCUT2D eigenvalue weighted by Gasteiger charge is 2.14. The highest BCUT2D eigenvalue weighted by molar-refractivity contribution is 5.97. The zero-order valence-corrected chi connectivity index (χ0v) is 15.5. The fourth-order valence-electron chi connectivity index (χ4n) is 3.05. The van der Waals surface area contributed by atoms with E-state index in [4.69, 9.17) is 13.9 Å². The maximum Gasteiger partial charge on any atom is 0.287 e. The van der Waals surface area contributed by atoms with Crippen molar-refractivity contribution < 1.29 is 18.7 Å². The van der Waals surface area contributed by atoms with Crippen molar-refractivity contribution in [3.8, 4) is 11.5 Å². The van der Waals surface area contributed by atoms with Crippen LogP contribution in [-0.2, 0) is 0 Å². The van der Waals surface area contributed by atoms with Crippen LogP contribution < -0.4 is 14.8 Å². The van der Waals surface area contributed by atoms with Gasteiger partial charge >= 0.3 is 0 Å². The molecule has 0 unspecified atom stereocenters. The van der Waals surface area contributed by atoms with Crippen LogP contribution in [0.15, 0.2) is 65.2 Å². The average Bonchev–Trinajstić information content (AvgIpc) is 3.18. The predicted molar refractivity (Wildman–Crippen MR) is 107 cm³/mol. The Morgan fingerprint density at radius 2 is 1.86 bits per heavy atom. The fraction of sp³-hybridized carbons (Fsp3) is 0.182. The minimum atomic E-state index is -0.259. The van der Waals surface area contributed by atoms with Crippen molar-refractivity contribution in [1.29, 1.82) is 0 Å².